The third kappa shape index (κ3) is 4.15. The second kappa shape index (κ2) is 8.74. The second-order valence-electron chi connectivity index (χ2n) is 8.10. The number of carbonyl (C=O) groups excluding carboxylic acids is 1. The van der Waals surface area contributed by atoms with Crippen molar-refractivity contribution in [2.45, 2.75) is 18.4 Å². The van der Waals surface area contributed by atoms with Crippen LogP contribution in [0.15, 0.2) is 85.1 Å². The van der Waals surface area contributed by atoms with Crippen LogP contribution >= 0.6 is 0 Å². The molecule has 1 atom stereocenters. The van der Waals surface area contributed by atoms with Gasteiger partial charge in [-0.3, -0.25) is 4.98 Å². The van der Waals surface area contributed by atoms with E-state index in [2.05, 4.69) is 22.4 Å². The molecule has 0 bridgehead atoms. The molecule has 1 amide bonds. The van der Waals surface area contributed by atoms with Gasteiger partial charge in [0.05, 0.1) is 5.52 Å². The zero-order chi connectivity index (χ0) is 22.8. The third-order valence-corrected chi connectivity index (χ3v) is 6.04. The Labute approximate surface area is 190 Å². The summed E-state index contributed by atoms with van der Waals surface area (Å²) in [4.78, 5) is 28.6. The number of nitrogens with zero attached hydrogens (tertiary/aromatic N) is 1. The minimum absolute atomic E-state index is 0.0852. The van der Waals surface area contributed by atoms with Gasteiger partial charge in [0, 0.05) is 23.9 Å². The highest BCUT2D eigenvalue weighted by atomic mass is 16.5. The van der Waals surface area contributed by atoms with E-state index in [1.165, 1.54) is 0 Å². The van der Waals surface area contributed by atoms with Gasteiger partial charge in [-0.1, -0.05) is 66.7 Å². The zero-order valence-corrected chi connectivity index (χ0v) is 17.8. The van der Waals surface area contributed by atoms with Crippen LogP contribution in [0.1, 0.15) is 22.6 Å². The summed E-state index contributed by atoms with van der Waals surface area (Å²) in [6, 6.07) is 24.4. The molecule has 0 aliphatic heterocycles. The predicted molar refractivity (Wildman–Crippen MR) is 125 cm³/mol. The van der Waals surface area contributed by atoms with Crippen LogP contribution in [0, 0.1) is 0 Å². The fourth-order valence-electron chi connectivity index (χ4n) is 4.46. The lowest BCUT2D eigenvalue weighted by Gasteiger charge is -2.17. The van der Waals surface area contributed by atoms with E-state index in [-0.39, 0.29) is 18.9 Å². The van der Waals surface area contributed by atoms with Gasteiger partial charge >= 0.3 is 12.1 Å². The summed E-state index contributed by atoms with van der Waals surface area (Å²) in [5.74, 6) is -1.21. The highest BCUT2D eigenvalue weighted by Gasteiger charge is 2.29. The van der Waals surface area contributed by atoms with E-state index in [9.17, 15) is 14.7 Å². The summed E-state index contributed by atoms with van der Waals surface area (Å²) >= 11 is 0. The Bertz CT molecular complexity index is 1310. The molecule has 33 heavy (non-hydrogen) atoms. The van der Waals surface area contributed by atoms with Crippen LogP contribution in [0.4, 0.5) is 4.79 Å². The number of ether oxygens (including phenoxy) is 1. The number of amides is 1. The number of hydrogen-bond donors (Lipinski definition) is 2. The average Bonchev–Trinajstić information content (AvgIpc) is 3.16. The van der Waals surface area contributed by atoms with Gasteiger partial charge in [-0.15, -0.1) is 0 Å². The van der Waals surface area contributed by atoms with Crippen LogP contribution in [-0.4, -0.2) is 34.8 Å². The third-order valence-electron chi connectivity index (χ3n) is 6.04. The Morgan fingerprint density at radius 3 is 2.33 bits per heavy atom. The average molecular weight is 438 g/mol. The minimum atomic E-state index is -1.12. The van der Waals surface area contributed by atoms with Gasteiger partial charge in [0.25, 0.3) is 0 Å². The van der Waals surface area contributed by atoms with Crippen molar-refractivity contribution in [3.8, 4) is 11.1 Å². The van der Waals surface area contributed by atoms with E-state index in [1.807, 2.05) is 66.7 Å². The number of aliphatic carboxylic acids is 1. The quantitative estimate of drug-likeness (QED) is 0.453. The van der Waals surface area contributed by atoms with E-state index in [4.69, 9.17) is 4.74 Å². The summed E-state index contributed by atoms with van der Waals surface area (Å²) in [6.45, 7) is 0.131. The number of alkyl carbamates (subject to hydrolysis) is 1. The minimum Gasteiger partial charge on any atom is -0.480 e. The van der Waals surface area contributed by atoms with E-state index in [1.54, 1.807) is 6.20 Å². The van der Waals surface area contributed by atoms with Crippen molar-refractivity contribution < 1.29 is 19.4 Å². The van der Waals surface area contributed by atoms with Gasteiger partial charge in [-0.05, 0) is 39.9 Å². The number of pyridine rings is 1. The number of carboxylic acids is 1. The highest BCUT2D eigenvalue weighted by molar-refractivity contribution is 5.82. The Morgan fingerprint density at radius 2 is 1.64 bits per heavy atom. The molecule has 0 saturated carbocycles. The van der Waals surface area contributed by atoms with Crippen molar-refractivity contribution in [1.82, 2.24) is 10.3 Å². The molecular weight excluding hydrogens is 416 g/mol. The van der Waals surface area contributed by atoms with E-state index < -0.39 is 18.1 Å². The molecule has 1 aliphatic rings. The van der Waals surface area contributed by atoms with E-state index in [0.29, 0.717) is 0 Å². The predicted octanol–water partition coefficient (Wildman–Crippen LogP) is 4.77. The molecule has 3 aromatic carbocycles. The molecule has 1 heterocycles. The summed E-state index contributed by atoms with van der Waals surface area (Å²) in [5.41, 5.74) is 6.02. The Hall–Kier alpha value is -4.19. The molecule has 0 fully saturated rings. The topological polar surface area (TPSA) is 88.5 Å². The number of nitrogens with one attached hydrogen (secondary N) is 1. The Balaban J connectivity index is 1.27. The monoisotopic (exact) mass is 438 g/mol. The number of rotatable bonds is 6. The molecule has 6 nitrogen and oxygen atoms in total. The number of benzene rings is 3. The van der Waals surface area contributed by atoms with Gasteiger partial charge in [0.1, 0.15) is 12.6 Å². The van der Waals surface area contributed by atoms with Crippen LogP contribution in [0.25, 0.3) is 22.0 Å². The largest absolute Gasteiger partial charge is 0.480 e. The molecule has 1 aliphatic carbocycles. The first-order valence-corrected chi connectivity index (χ1v) is 10.8. The summed E-state index contributed by atoms with van der Waals surface area (Å²) < 4.78 is 5.50. The first-order chi connectivity index (χ1) is 16.1. The lowest BCUT2D eigenvalue weighted by molar-refractivity contribution is -0.139. The summed E-state index contributed by atoms with van der Waals surface area (Å²) in [5, 5.41) is 13.1. The van der Waals surface area contributed by atoms with Gasteiger partial charge in [-0.2, -0.15) is 0 Å². The number of carboxylic acid groups (broad SMARTS) is 1. The Kier molecular flexibility index (Phi) is 5.48. The molecule has 0 unspecified atom stereocenters. The fraction of sp³-hybridized carbons (Fsp3) is 0.148. The van der Waals surface area contributed by atoms with Crippen molar-refractivity contribution in [2.24, 2.45) is 0 Å². The maximum atomic E-state index is 12.5. The number of carbonyl (C=O) groups is 2. The first kappa shape index (κ1) is 20.7. The lowest BCUT2D eigenvalue weighted by Crippen LogP contribution is -2.42. The SMILES string of the molecule is O=C(N[C@H](Cc1ccc2cccnc2c1)C(=O)O)OCC1c2ccccc2-c2ccccc21. The highest BCUT2D eigenvalue weighted by Crippen LogP contribution is 2.44. The molecule has 4 aromatic rings. The zero-order valence-electron chi connectivity index (χ0n) is 17.8. The van der Waals surface area contributed by atoms with Crippen molar-refractivity contribution in [2.75, 3.05) is 6.61 Å². The molecule has 1 aromatic heterocycles. The molecule has 5 rings (SSSR count). The summed E-state index contributed by atoms with van der Waals surface area (Å²) in [6.07, 6.45) is 1.07. The van der Waals surface area contributed by atoms with Crippen molar-refractivity contribution in [3.63, 3.8) is 0 Å². The molecular formula is C27H22N2O4. The van der Waals surface area contributed by atoms with Crippen LogP contribution in [0.5, 0.6) is 0 Å². The number of aromatic nitrogens is 1. The molecule has 164 valence electrons. The maximum absolute atomic E-state index is 12.5. The molecule has 2 N–H and O–H groups in total. The molecule has 6 heteroatoms. The molecule has 0 radical (unpaired) electrons. The van der Waals surface area contributed by atoms with Gasteiger partial charge in [0.15, 0.2) is 0 Å². The van der Waals surface area contributed by atoms with E-state index >= 15 is 0 Å². The van der Waals surface area contributed by atoms with Crippen LogP contribution in [-0.2, 0) is 16.0 Å². The van der Waals surface area contributed by atoms with Crippen LogP contribution in [0.3, 0.4) is 0 Å². The van der Waals surface area contributed by atoms with Crippen LogP contribution < -0.4 is 5.32 Å². The second-order valence-corrected chi connectivity index (χ2v) is 8.10. The van der Waals surface area contributed by atoms with Crippen molar-refractivity contribution >= 4 is 23.0 Å². The van der Waals surface area contributed by atoms with Crippen LogP contribution in [0.2, 0.25) is 0 Å². The number of hydrogen-bond acceptors (Lipinski definition) is 4. The van der Waals surface area contributed by atoms with Gasteiger partial charge in [-0.25, -0.2) is 9.59 Å². The van der Waals surface area contributed by atoms with Gasteiger partial charge in [0.2, 0.25) is 0 Å². The maximum Gasteiger partial charge on any atom is 0.407 e. The smallest absolute Gasteiger partial charge is 0.407 e. The Morgan fingerprint density at radius 1 is 0.939 bits per heavy atom. The lowest BCUT2D eigenvalue weighted by atomic mass is 9.98. The fourth-order valence-corrected chi connectivity index (χ4v) is 4.46. The number of fused-ring (bicyclic) bond motifs is 4. The molecule has 0 spiro atoms. The standard InChI is InChI=1S/C27H22N2O4/c30-26(31)25(15-17-11-12-18-6-5-13-28-24(18)14-17)29-27(32)33-16-23-21-9-3-1-7-19(21)20-8-2-4-10-22(20)23/h1-14,23,25H,15-16H2,(H,29,32)(H,30,31)/t25-/m1/s1. The van der Waals surface area contributed by atoms with E-state index in [0.717, 1.165) is 38.7 Å². The first-order valence-electron chi connectivity index (χ1n) is 10.8. The normalized spacial score (nSPS) is 13.2. The van der Waals surface area contributed by atoms with Crippen molar-refractivity contribution in [3.05, 3.63) is 102 Å². The molecule has 0 saturated heterocycles. The van der Waals surface area contributed by atoms with Gasteiger partial charge < -0.3 is 15.2 Å². The van der Waals surface area contributed by atoms with Crippen molar-refractivity contribution in [1.29, 1.82) is 0 Å². The summed E-state index contributed by atoms with van der Waals surface area (Å²) in [7, 11) is 0.